The Morgan fingerprint density at radius 3 is 2.73 bits per heavy atom. The number of carbonyl (C=O) groups is 1. The summed E-state index contributed by atoms with van der Waals surface area (Å²) >= 11 is 6.57. The second-order valence-electron chi connectivity index (χ2n) is 10.1. The van der Waals surface area contributed by atoms with E-state index in [2.05, 4.69) is 31.1 Å². The van der Waals surface area contributed by atoms with Crippen LogP contribution in [0.25, 0.3) is 11.3 Å². The summed E-state index contributed by atoms with van der Waals surface area (Å²) in [6.45, 7) is 7.56. The first-order chi connectivity index (χ1) is 17.7. The summed E-state index contributed by atoms with van der Waals surface area (Å²) in [4.78, 5) is 29.6. The largest absolute Gasteiger partial charge is 0.492 e. The molecule has 2 aromatic heterocycles. The van der Waals surface area contributed by atoms with E-state index in [9.17, 15) is 9.59 Å². The number of hydrogen-bond acceptors (Lipinski definition) is 6. The monoisotopic (exact) mass is 525 g/mol. The smallest absolute Gasteiger partial charge is 0.412 e. The van der Waals surface area contributed by atoms with E-state index in [1.807, 2.05) is 22.8 Å². The van der Waals surface area contributed by atoms with Gasteiger partial charge in [0.25, 0.3) is 0 Å². The maximum absolute atomic E-state index is 13.1. The number of ether oxygens (including phenoxy) is 3. The second-order valence-corrected chi connectivity index (χ2v) is 10.5. The standard InChI is InChI=1S/C28H32ClN3O5/c1-28(2,3)26-13-18-12-25(36-11-7-10-35-4)21(29)14-20(18)23-15-24(33)22(16-32(23)26)31-27(34)37-17-19-8-5-6-9-30-19/h5-6,8-9,12,14-16,26H,7,10-11,13,17H2,1-4H3,(H,31,34). The second kappa shape index (κ2) is 11.4. The predicted octanol–water partition coefficient (Wildman–Crippen LogP) is 5.87. The Hall–Kier alpha value is -3.36. The van der Waals surface area contributed by atoms with Crippen molar-refractivity contribution in [2.75, 3.05) is 25.6 Å². The molecule has 9 heteroatoms. The number of methoxy groups -OCH3 is 1. The molecule has 0 saturated carbocycles. The van der Waals surface area contributed by atoms with Crippen LogP contribution in [0.1, 0.15) is 44.5 Å². The van der Waals surface area contributed by atoms with Gasteiger partial charge in [0.15, 0.2) is 0 Å². The van der Waals surface area contributed by atoms with Crippen LogP contribution in [-0.2, 0) is 22.5 Å². The topological polar surface area (TPSA) is 91.7 Å². The first kappa shape index (κ1) is 26.7. The van der Waals surface area contributed by atoms with Gasteiger partial charge in [-0.05, 0) is 41.7 Å². The van der Waals surface area contributed by atoms with Crippen LogP contribution in [-0.4, -0.2) is 36.0 Å². The van der Waals surface area contributed by atoms with Crippen LogP contribution in [0.3, 0.4) is 0 Å². The van der Waals surface area contributed by atoms with Gasteiger partial charge in [0.1, 0.15) is 18.0 Å². The lowest BCUT2D eigenvalue weighted by Gasteiger charge is -2.39. The van der Waals surface area contributed by atoms with E-state index in [0.29, 0.717) is 36.1 Å². The molecule has 1 atom stereocenters. The highest BCUT2D eigenvalue weighted by Crippen LogP contribution is 2.45. The van der Waals surface area contributed by atoms with Gasteiger partial charge in [-0.3, -0.25) is 15.1 Å². The molecule has 0 aliphatic carbocycles. The van der Waals surface area contributed by atoms with Crippen molar-refractivity contribution in [3.05, 3.63) is 75.3 Å². The number of nitrogens with zero attached hydrogens (tertiary/aromatic N) is 2. The van der Waals surface area contributed by atoms with E-state index in [1.165, 1.54) is 0 Å². The summed E-state index contributed by atoms with van der Waals surface area (Å²) in [6, 6.07) is 10.7. The van der Waals surface area contributed by atoms with Crippen LogP contribution < -0.4 is 15.5 Å². The summed E-state index contributed by atoms with van der Waals surface area (Å²) in [7, 11) is 1.66. The van der Waals surface area contributed by atoms with Gasteiger partial charge in [-0.1, -0.05) is 38.4 Å². The van der Waals surface area contributed by atoms with Crippen molar-refractivity contribution in [1.82, 2.24) is 9.55 Å². The zero-order chi connectivity index (χ0) is 26.6. The number of aromatic nitrogens is 2. The zero-order valence-electron chi connectivity index (χ0n) is 21.5. The number of benzene rings is 1. The molecule has 0 fully saturated rings. The molecule has 0 radical (unpaired) electrons. The molecule has 1 amide bonds. The Bertz CT molecular complexity index is 1320. The number of pyridine rings is 2. The minimum atomic E-state index is -0.717. The van der Waals surface area contributed by atoms with Crippen LogP contribution in [0.4, 0.5) is 10.5 Å². The fourth-order valence-corrected chi connectivity index (χ4v) is 4.63. The number of rotatable bonds is 8. The molecule has 3 aromatic rings. The van der Waals surface area contributed by atoms with E-state index >= 15 is 0 Å². The molecule has 1 unspecified atom stereocenters. The molecule has 196 valence electrons. The molecule has 1 N–H and O–H groups in total. The average Bonchev–Trinajstić information content (AvgIpc) is 2.86. The number of carbonyl (C=O) groups excluding carboxylic acids is 1. The zero-order valence-corrected chi connectivity index (χ0v) is 22.3. The molecule has 1 aliphatic heterocycles. The molecular formula is C28H32ClN3O5. The SMILES string of the molecule is COCCCOc1cc2c(cc1Cl)-c1cc(=O)c(NC(=O)OCc3ccccn3)cn1C(C(C)(C)C)C2. The Balaban J connectivity index is 1.63. The van der Waals surface area contributed by atoms with Gasteiger partial charge in [-0.15, -0.1) is 0 Å². The molecule has 0 bridgehead atoms. The van der Waals surface area contributed by atoms with Crippen LogP contribution in [0.15, 0.2) is 53.6 Å². The number of hydrogen-bond donors (Lipinski definition) is 1. The van der Waals surface area contributed by atoms with Crippen molar-refractivity contribution in [2.45, 2.75) is 46.3 Å². The fraction of sp³-hybridized carbons (Fsp3) is 0.393. The van der Waals surface area contributed by atoms with E-state index in [1.54, 1.807) is 37.7 Å². The Kier molecular flexibility index (Phi) is 8.19. The average molecular weight is 526 g/mol. The van der Waals surface area contributed by atoms with Gasteiger partial charge in [0.2, 0.25) is 5.43 Å². The van der Waals surface area contributed by atoms with Crippen molar-refractivity contribution in [3.8, 4) is 17.0 Å². The highest BCUT2D eigenvalue weighted by Gasteiger charge is 2.33. The lowest BCUT2D eigenvalue weighted by atomic mass is 9.79. The molecular weight excluding hydrogens is 494 g/mol. The third-order valence-corrected chi connectivity index (χ3v) is 6.62. The van der Waals surface area contributed by atoms with E-state index in [-0.39, 0.29) is 29.2 Å². The molecule has 1 aromatic carbocycles. The van der Waals surface area contributed by atoms with Gasteiger partial charge in [0.05, 0.1) is 23.0 Å². The van der Waals surface area contributed by atoms with Gasteiger partial charge in [0, 0.05) is 50.2 Å². The molecule has 0 spiro atoms. The van der Waals surface area contributed by atoms with Gasteiger partial charge in [-0.25, -0.2) is 4.79 Å². The van der Waals surface area contributed by atoms with Crippen LogP contribution in [0, 0.1) is 5.41 Å². The first-order valence-electron chi connectivity index (χ1n) is 12.2. The van der Waals surface area contributed by atoms with Crippen LogP contribution in [0.5, 0.6) is 5.75 Å². The number of nitrogens with one attached hydrogen (secondary N) is 1. The predicted molar refractivity (Wildman–Crippen MR) is 143 cm³/mol. The number of fused-ring (bicyclic) bond motifs is 3. The summed E-state index contributed by atoms with van der Waals surface area (Å²) in [5.41, 5.74) is 2.97. The summed E-state index contributed by atoms with van der Waals surface area (Å²) < 4.78 is 18.3. The van der Waals surface area contributed by atoms with Crippen molar-refractivity contribution in [1.29, 1.82) is 0 Å². The number of anilines is 1. The lowest BCUT2D eigenvalue weighted by Crippen LogP contribution is -2.32. The highest BCUT2D eigenvalue weighted by molar-refractivity contribution is 6.32. The molecule has 4 rings (SSSR count). The van der Waals surface area contributed by atoms with E-state index in [4.69, 9.17) is 25.8 Å². The van der Waals surface area contributed by atoms with Crippen LogP contribution >= 0.6 is 11.6 Å². The Morgan fingerprint density at radius 2 is 2.03 bits per heavy atom. The normalized spacial score (nSPS) is 14.5. The number of halogens is 1. The highest BCUT2D eigenvalue weighted by atomic mass is 35.5. The Labute approximate surface area is 221 Å². The quantitative estimate of drug-likeness (QED) is 0.370. The summed E-state index contributed by atoms with van der Waals surface area (Å²) in [5, 5.41) is 3.08. The summed E-state index contributed by atoms with van der Waals surface area (Å²) in [5.74, 6) is 0.619. The minimum absolute atomic E-state index is 0.00527. The van der Waals surface area contributed by atoms with Gasteiger partial charge >= 0.3 is 6.09 Å². The van der Waals surface area contributed by atoms with Gasteiger partial charge < -0.3 is 18.8 Å². The third kappa shape index (κ3) is 6.32. The molecule has 37 heavy (non-hydrogen) atoms. The maximum Gasteiger partial charge on any atom is 0.412 e. The number of amides is 1. The van der Waals surface area contributed by atoms with Crippen LogP contribution in [0.2, 0.25) is 5.02 Å². The van der Waals surface area contributed by atoms with Crippen molar-refractivity contribution in [2.24, 2.45) is 5.41 Å². The van der Waals surface area contributed by atoms with E-state index in [0.717, 1.165) is 23.2 Å². The fourth-order valence-electron chi connectivity index (χ4n) is 4.42. The van der Waals surface area contributed by atoms with Gasteiger partial charge in [-0.2, -0.15) is 0 Å². The molecule has 8 nitrogen and oxygen atoms in total. The third-order valence-electron chi connectivity index (χ3n) is 6.33. The van der Waals surface area contributed by atoms with Crippen molar-refractivity contribution >= 4 is 23.4 Å². The minimum Gasteiger partial charge on any atom is -0.492 e. The van der Waals surface area contributed by atoms with Crippen molar-refractivity contribution in [3.63, 3.8) is 0 Å². The Morgan fingerprint density at radius 1 is 1.22 bits per heavy atom. The van der Waals surface area contributed by atoms with Crippen molar-refractivity contribution < 1.29 is 19.0 Å². The van der Waals surface area contributed by atoms with E-state index < -0.39 is 6.09 Å². The molecule has 1 aliphatic rings. The first-order valence-corrected chi connectivity index (χ1v) is 12.6. The molecule has 3 heterocycles. The lowest BCUT2D eigenvalue weighted by molar-refractivity contribution is 0.153. The maximum atomic E-state index is 13.1. The summed E-state index contributed by atoms with van der Waals surface area (Å²) in [6.07, 6.45) is 4.07. The molecule has 0 saturated heterocycles.